The minimum Gasteiger partial charge on any atom is -0.477 e. The molecule has 1 amide bonds. The smallest absolute Gasteiger partial charge is 0.258 e. The van der Waals surface area contributed by atoms with Gasteiger partial charge in [-0.1, -0.05) is 13.8 Å². The van der Waals surface area contributed by atoms with E-state index < -0.39 is 0 Å². The number of rotatable bonds is 4. The number of aromatic nitrogens is 2. The maximum absolute atomic E-state index is 11.9. The summed E-state index contributed by atoms with van der Waals surface area (Å²) in [6.07, 6.45) is 3.52. The van der Waals surface area contributed by atoms with E-state index in [1.807, 2.05) is 0 Å². The van der Waals surface area contributed by atoms with Crippen LogP contribution < -0.4 is 10.1 Å². The summed E-state index contributed by atoms with van der Waals surface area (Å²) in [5.41, 5.74) is 0.549. The standard InChI is InChI=1S/C12H19N3O2/c1-9(2)4-5-13-11(16)10-8-14-15-6-3-7-17-12(10)15/h8-9H,3-7H2,1-2H3,(H,13,16). The van der Waals surface area contributed by atoms with Crippen LogP contribution in [0.3, 0.4) is 0 Å². The summed E-state index contributed by atoms with van der Waals surface area (Å²) >= 11 is 0. The molecule has 0 spiro atoms. The second-order valence-electron chi connectivity index (χ2n) is 4.73. The molecule has 0 unspecified atom stereocenters. The molecule has 0 radical (unpaired) electrons. The van der Waals surface area contributed by atoms with Crippen LogP contribution in [0.2, 0.25) is 0 Å². The summed E-state index contributed by atoms with van der Waals surface area (Å²) < 4.78 is 7.23. The van der Waals surface area contributed by atoms with Crippen molar-refractivity contribution in [2.75, 3.05) is 13.2 Å². The fourth-order valence-electron chi connectivity index (χ4n) is 1.79. The molecular formula is C12H19N3O2. The zero-order valence-corrected chi connectivity index (χ0v) is 10.4. The number of hydrogen-bond donors (Lipinski definition) is 1. The van der Waals surface area contributed by atoms with Gasteiger partial charge in [0.2, 0.25) is 5.88 Å². The average molecular weight is 237 g/mol. The number of carbonyl (C=O) groups is 1. The first-order valence-electron chi connectivity index (χ1n) is 6.15. The van der Waals surface area contributed by atoms with Crippen LogP contribution in [0.4, 0.5) is 0 Å². The molecule has 5 nitrogen and oxygen atoms in total. The van der Waals surface area contributed by atoms with Crippen LogP contribution in [0.5, 0.6) is 5.88 Å². The molecule has 17 heavy (non-hydrogen) atoms. The number of hydrogen-bond acceptors (Lipinski definition) is 3. The van der Waals surface area contributed by atoms with Crippen LogP contribution in [0.25, 0.3) is 0 Å². The molecule has 1 aliphatic rings. The number of ether oxygens (including phenoxy) is 1. The third kappa shape index (κ3) is 2.78. The molecule has 2 heterocycles. The predicted molar refractivity (Wildman–Crippen MR) is 64.1 cm³/mol. The van der Waals surface area contributed by atoms with Gasteiger partial charge in [-0.05, 0) is 12.3 Å². The second-order valence-corrected chi connectivity index (χ2v) is 4.73. The van der Waals surface area contributed by atoms with Gasteiger partial charge < -0.3 is 10.1 Å². The van der Waals surface area contributed by atoms with E-state index in [4.69, 9.17) is 4.74 Å². The third-order valence-corrected chi connectivity index (χ3v) is 2.80. The van der Waals surface area contributed by atoms with Crippen molar-refractivity contribution in [1.29, 1.82) is 0 Å². The van der Waals surface area contributed by atoms with E-state index in [2.05, 4.69) is 24.3 Å². The lowest BCUT2D eigenvalue weighted by atomic mass is 10.1. The quantitative estimate of drug-likeness (QED) is 0.862. The topological polar surface area (TPSA) is 56.2 Å². The Kier molecular flexibility index (Phi) is 3.66. The zero-order valence-electron chi connectivity index (χ0n) is 10.4. The Morgan fingerprint density at radius 3 is 3.24 bits per heavy atom. The Labute approximate surface area is 101 Å². The average Bonchev–Trinajstić information content (AvgIpc) is 2.72. The van der Waals surface area contributed by atoms with Crippen LogP contribution in [0, 0.1) is 5.92 Å². The molecule has 0 fully saturated rings. The van der Waals surface area contributed by atoms with Gasteiger partial charge in [0, 0.05) is 19.5 Å². The van der Waals surface area contributed by atoms with E-state index in [1.54, 1.807) is 10.9 Å². The SMILES string of the molecule is CC(C)CCNC(=O)c1cnn2c1OCCC2. The highest BCUT2D eigenvalue weighted by Crippen LogP contribution is 2.21. The molecule has 1 aromatic rings. The van der Waals surface area contributed by atoms with Gasteiger partial charge in [-0.3, -0.25) is 4.79 Å². The lowest BCUT2D eigenvalue weighted by Crippen LogP contribution is -2.26. The first-order valence-corrected chi connectivity index (χ1v) is 6.15. The van der Waals surface area contributed by atoms with E-state index >= 15 is 0 Å². The Hall–Kier alpha value is -1.52. The Morgan fingerprint density at radius 2 is 2.47 bits per heavy atom. The van der Waals surface area contributed by atoms with E-state index in [1.165, 1.54) is 0 Å². The molecule has 0 aliphatic carbocycles. The first kappa shape index (κ1) is 12.0. The minimum atomic E-state index is -0.0891. The van der Waals surface area contributed by atoms with Crippen molar-refractivity contribution in [3.8, 4) is 5.88 Å². The highest BCUT2D eigenvalue weighted by molar-refractivity contribution is 5.96. The fraction of sp³-hybridized carbons (Fsp3) is 0.667. The molecule has 1 aliphatic heterocycles. The number of nitrogens with zero attached hydrogens (tertiary/aromatic N) is 2. The molecule has 0 saturated heterocycles. The molecule has 0 saturated carbocycles. The monoisotopic (exact) mass is 237 g/mol. The maximum Gasteiger partial charge on any atom is 0.258 e. The van der Waals surface area contributed by atoms with Crippen LogP contribution in [-0.2, 0) is 6.54 Å². The van der Waals surface area contributed by atoms with Gasteiger partial charge in [0.25, 0.3) is 5.91 Å². The summed E-state index contributed by atoms with van der Waals surface area (Å²) in [5.74, 6) is 1.11. The predicted octanol–water partition coefficient (Wildman–Crippen LogP) is 1.44. The molecule has 0 aromatic carbocycles. The molecular weight excluding hydrogens is 218 g/mol. The minimum absolute atomic E-state index is 0.0891. The number of carbonyl (C=O) groups excluding carboxylic acids is 1. The van der Waals surface area contributed by atoms with E-state index in [0.717, 1.165) is 19.4 Å². The van der Waals surface area contributed by atoms with Crippen molar-refractivity contribution < 1.29 is 9.53 Å². The van der Waals surface area contributed by atoms with Crippen LogP contribution in [-0.4, -0.2) is 28.8 Å². The zero-order chi connectivity index (χ0) is 12.3. The van der Waals surface area contributed by atoms with Crippen molar-refractivity contribution in [1.82, 2.24) is 15.1 Å². The Balaban J connectivity index is 1.97. The lowest BCUT2D eigenvalue weighted by Gasteiger charge is -2.16. The Bertz CT molecular complexity index is 398. The molecule has 0 atom stereocenters. The van der Waals surface area contributed by atoms with Gasteiger partial charge in [-0.2, -0.15) is 5.10 Å². The lowest BCUT2D eigenvalue weighted by molar-refractivity contribution is 0.0945. The number of fused-ring (bicyclic) bond motifs is 1. The van der Waals surface area contributed by atoms with Gasteiger partial charge in [-0.25, -0.2) is 4.68 Å². The second kappa shape index (κ2) is 5.21. The van der Waals surface area contributed by atoms with Gasteiger partial charge >= 0.3 is 0 Å². The van der Waals surface area contributed by atoms with Gasteiger partial charge in [0.1, 0.15) is 5.56 Å². The van der Waals surface area contributed by atoms with Gasteiger partial charge in [0.15, 0.2) is 0 Å². The van der Waals surface area contributed by atoms with E-state index in [9.17, 15) is 4.79 Å². The van der Waals surface area contributed by atoms with E-state index in [-0.39, 0.29) is 5.91 Å². The highest BCUT2D eigenvalue weighted by Gasteiger charge is 2.21. The van der Waals surface area contributed by atoms with Gasteiger partial charge in [0.05, 0.1) is 12.8 Å². The van der Waals surface area contributed by atoms with Crippen molar-refractivity contribution in [2.45, 2.75) is 33.2 Å². The van der Waals surface area contributed by atoms with Crippen LogP contribution >= 0.6 is 0 Å². The summed E-state index contributed by atoms with van der Waals surface area (Å²) in [5, 5.41) is 7.05. The van der Waals surface area contributed by atoms with Crippen LogP contribution in [0.1, 0.15) is 37.0 Å². The summed E-state index contributed by atoms with van der Waals surface area (Å²) in [4.78, 5) is 11.9. The molecule has 2 rings (SSSR count). The normalized spacial score (nSPS) is 14.3. The highest BCUT2D eigenvalue weighted by atomic mass is 16.5. The van der Waals surface area contributed by atoms with Gasteiger partial charge in [-0.15, -0.1) is 0 Å². The molecule has 94 valence electrons. The summed E-state index contributed by atoms with van der Waals surface area (Å²) in [6.45, 7) is 6.46. The number of aryl methyl sites for hydroxylation is 1. The van der Waals surface area contributed by atoms with Crippen molar-refractivity contribution in [3.63, 3.8) is 0 Å². The van der Waals surface area contributed by atoms with Crippen molar-refractivity contribution in [2.24, 2.45) is 5.92 Å². The molecule has 1 N–H and O–H groups in total. The van der Waals surface area contributed by atoms with Crippen molar-refractivity contribution in [3.05, 3.63) is 11.8 Å². The number of amides is 1. The van der Waals surface area contributed by atoms with Crippen LogP contribution in [0.15, 0.2) is 6.20 Å². The van der Waals surface area contributed by atoms with E-state index in [0.29, 0.717) is 30.5 Å². The molecule has 1 aromatic heterocycles. The Morgan fingerprint density at radius 1 is 1.65 bits per heavy atom. The third-order valence-electron chi connectivity index (χ3n) is 2.80. The fourth-order valence-corrected chi connectivity index (χ4v) is 1.79. The largest absolute Gasteiger partial charge is 0.477 e. The molecule has 0 bridgehead atoms. The maximum atomic E-state index is 11.9. The first-order chi connectivity index (χ1) is 8.18. The number of nitrogens with one attached hydrogen (secondary N) is 1. The summed E-state index contributed by atoms with van der Waals surface area (Å²) in [7, 11) is 0. The summed E-state index contributed by atoms with van der Waals surface area (Å²) in [6, 6.07) is 0. The molecule has 5 heteroatoms. The van der Waals surface area contributed by atoms with Crippen molar-refractivity contribution >= 4 is 5.91 Å².